The molecule has 3 aromatic carbocycles. The number of rotatable bonds is 5. The van der Waals surface area contributed by atoms with Gasteiger partial charge >= 0.3 is 0 Å². The molecule has 0 bridgehead atoms. The van der Waals surface area contributed by atoms with Crippen LogP contribution in [0.25, 0.3) is 10.2 Å². The van der Waals surface area contributed by atoms with Crippen molar-refractivity contribution in [3.05, 3.63) is 112 Å². The highest BCUT2D eigenvalue weighted by Crippen LogP contribution is 2.23. The number of thiazole rings is 1. The second-order valence-corrected chi connectivity index (χ2v) is 8.41. The third kappa shape index (κ3) is 4.18. The first-order chi connectivity index (χ1) is 15.0. The summed E-state index contributed by atoms with van der Waals surface area (Å²) >= 11 is 1.49. The monoisotopic (exact) mass is 426 g/mol. The fourth-order valence-electron chi connectivity index (χ4n) is 3.65. The molecule has 0 aliphatic carbocycles. The zero-order chi connectivity index (χ0) is 22.0. The largest absolute Gasteiger partial charge is 0.312 e. The van der Waals surface area contributed by atoms with E-state index < -0.39 is 0 Å². The molecular weight excluding hydrogens is 404 g/mol. The van der Waals surface area contributed by atoms with Crippen molar-refractivity contribution < 1.29 is 9.59 Å². The van der Waals surface area contributed by atoms with Gasteiger partial charge in [-0.1, -0.05) is 65.9 Å². The molecule has 0 spiro atoms. The molecule has 0 radical (unpaired) electrons. The summed E-state index contributed by atoms with van der Waals surface area (Å²) in [5.41, 5.74) is 5.00. The quantitative estimate of drug-likeness (QED) is 0.313. The molecule has 0 saturated carbocycles. The van der Waals surface area contributed by atoms with Crippen LogP contribution in [0.1, 0.15) is 37.4 Å². The molecule has 0 N–H and O–H groups in total. The van der Waals surface area contributed by atoms with Crippen molar-refractivity contribution in [2.75, 3.05) is 0 Å². The van der Waals surface area contributed by atoms with E-state index in [4.69, 9.17) is 0 Å². The van der Waals surface area contributed by atoms with Gasteiger partial charge in [-0.15, -0.1) is 6.58 Å². The van der Waals surface area contributed by atoms with Crippen LogP contribution in [0.5, 0.6) is 0 Å². The van der Waals surface area contributed by atoms with Gasteiger partial charge in [-0.2, -0.15) is 4.99 Å². The predicted octanol–water partition coefficient (Wildman–Crippen LogP) is 5.48. The Morgan fingerprint density at radius 1 is 0.968 bits per heavy atom. The van der Waals surface area contributed by atoms with Crippen LogP contribution in [0.3, 0.4) is 0 Å². The van der Waals surface area contributed by atoms with Gasteiger partial charge in [0.2, 0.25) is 0 Å². The summed E-state index contributed by atoms with van der Waals surface area (Å²) in [7, 11) is 0. The van der Waals surface area contributed by atoms with Crippen LogP contribution in [-0.4, -0.2) is 16.3 Å². The molecule has 4 aromatic rings. The Hall–Kier alpha value is -3.57. The van der Waals surface area contributed by atoms with E-state index in [1.807, 2.05) is 22.8 Å². The summed E-state index contributed by atoms with van der Waals surface area (Å²) in [6.07, 6.45) is 1.80. The Labute approximate surface area is 184 Å². The summed E-state index contributed by atoms with van der Waals surface area (Å²) in [6.45, 7) is 8.54. The number of ketones is 1. The lowest BCUT2D eigenvalue weighted by molar-refractivity contribution is 0.0994. The first-order valence-corrected chi connectivity index (χ1v) is 10.8. The highest BCUT2D eigenvalue weighted by molar-refractivity contribution is 7.16. The van der Waals surface area contributed by atoms with E-state index in [2.05, 4.69) is 37.6 Å². The lowest BCUT2D eigenvalue weighted by Gasteiger charge is -2.05. The fraction of sp³-hybridized carbons (Fsp3) is 0.115. The lowest BCUT2D eigenvalue weighted by Crippen LogP contribution is -2.16. The Bertz CT molecular complexity index is 1360. The van der Waals surface area contributed by atoms with Crippen LogP contribution in [0.2, 0.25) is 0 Å². The Kier molecular flexibility index (Phi) is 5.78. The van der Waals surface area contributed by atoms with Crippen molar-refractivity contribution in [2.24, 2.45) is 4.99 Å². The van der Waals surface area contributed by atoms with Crippen molar-refractivity contribution in [2.45, 2.75) is 20.4 Å². The average molecular weight is 427 g/mol. The molecule has 0 unspecified atom stereocenters. The zero-order valence-corrected chi connectivity index (χ0v) is 18.3. The minimum Gasteiger partial charge on any atom is -0.312 e. The van der Waals surface area contributed by atoms with Crippen molar-refractivity contribution >= 4 is 33.2 Å². The molecule has 4 nitrogen and oxygen atoms in total. The molecule has 5 heteroatoms. The minimum atomic E-state index is -0.336. The van der Waals surface area contributed by atoms with Gasteiger partial charge in [0.25, 0.3) is 5.91 Å². The first kappa shape index (κ1) is 20.7. The number of allylic oxidation sites excluding steroid dienone is 1. The van der Waals surface area contributed by atoms with E-state index in [1.165, 1.54) is 16.9 Å². The molecule has 1 heterocycles. The summed E-state index contributed by atoms with van der Waals surface area (Å²) in [4.78, 5) is 30.5. The molecule has 0 saturated heterocycles. The summed E-state index contributed by atoms with van der Waals surface area (Å²) in [5.74, 6) is -0.409. The van der Waals surface area contributed by atoms with Gasteiger partial charge in [0.15, 0.2) is 10.6 Å². The SMILES string of the molecule is C=CCn1c(=NC(=O)c2ccc(C(=O)c3ccccc3)cc2)sc2cc(C)cc(C)c21. The summed E-state index contributed by atoms with van der Waals surface area (Å²) < 4.78 is 3.11. The predicted molar refractivity (Wildman–Crippen MR) is 126 cm³/mol. The number of nitrogens with zero attached hydrogens (tertiary/aromatic N) is 2. The number of carbonyl (C=O) groups is 2. The second kappa shape index (κ2) is 8.66. The van der Waals surface area contributed by atoms with Gasteiger partial charge in [-0.05, 0) is 43.2 Å². The van der Waals surface area contributed by atoms with Gasteiger partial charge in [-0.25, -0.2) is 0 Å². The number of fused-ring (bicyclic) bond motifs is 1. The Morgan fingerprint density at radius 3 is 2.29 bits per heavy atom. The molecule has 0 atom stereocenters. The average Bonchev–Trinajstić information content (AvgIpc) is 3.11. The van der Waals surface area contributed by atoms with E-state index in [0.717, 1.165) is 15.8 Å². The van der Waals surface area contributed by atoms with Crippen LogP contribution >= 0.6 is 11.3 Å². The fourth-order valence-corrected chi connectivity index (χ4v) is 4.86. The van der Waals surface area contributed by atoms with Crippen LogP contribution in [0.4, 0.5) is 0 Å². The van der Waals surface area contributed by atoms with Crippen LogP contribution in [-0.2, 0) is 6.54 Å². The van der Waals surface area contributed by atoms with E-state index in [9.17, 15) is 9.59 Å². The standard InChI is InChI=1S/C26H22N2O2S/c1-4-14-28-23-18(3)15-17(2)16-22(23)31-26(28)27-25(30)21-12-10-20(11-13-21)24(29)19-8-6-5-7-9-19/h4-13,15-16H,1,14H2,2-3H3. The van der Waals surface area contributed by atoms with E-state index >= 15 is 0 Å². The minimum absolute atomic E-state index is 0.0734. The third-order valence-corrected chi connectivity index (χ3v) is 6.08. The van der Waals surface area contributed by atoms with E-state index in [0.29, 0.717) is 28.0 Å². The molecule has 31 heavy (non-hydrogen) atoms. The maximum absolute atomic E-state index is 12.9. The number of aromatic nitrogens is 1. The molecule has 1 amide bonds. The maximum atomic E-state index is 12.9. The molecule has 0 fully saturated rings. The van der Waals surface area contributed by atoms with Crippen molar-refractivity contribution in [3.8, 4) is 0 Å². The van der Waals surface area contributed by atoms with Gasteiger partial charge < -0.3 is 4.57 Å². The molecule has 0 aliphatic rings. The van der Waals surface area contributed by atoms with Crippen LogP contribution in [0, 0.1) is 13.8 Å². The lowest BCUT2D eigenvalue weighted by atomic mass is 10.0. The number of benzene rings is 3. The molecule has 0 aliphatic heterocycles. The topological polar surface area (TPSA) is 51.4 Å². The summed E-state index contributed by atoms with van der Waals surface area (Å²) in [6, 6.07) is 20.0. The Balaban J connectivity index is 1.70. The number of carbonyl (C=O) groups excluding carboxylic acids is 2. The molecule has 1 aromatic heterocycles. The number of hydrogen-bond acceptors (Lipinski definition) is 3. The molecular formula is C26H22N2O2S. The van der Waals surface area contributed by atoms with Crippen molar-refractivity contribution in [1.29, 1.82) is 0 Å². The van der Waals surface area contributed by atoms with Crippen molar-refractivity contribution in [1.82, 2.24) is 4.57 Å². The smallest absolute Gasteiger partial charge is 0.279 e. The van der Waals surface area contributed by atoms with Crippen LogP contribution < -0.4 is 4.80 Å². The highest BCUT2D eigenvalue weighted by atomic mass is 32.1. The molecule has 154 valence electrons. The van der Waals surface area contributed by atoms with Gasteiger partial charge in [0.1, 0.15) is 0 Å². The third-order valence-electron chi connectivity index (χ3n) is 5.05. The Morgan fingerprint density at radius 2 is 1.61 bits per heavy atom. The van der Waals surface area contributed by atoms with E-state index in [-0.39, 0.29) is 11.7 Å². The van der Waals surface area contributed by atoms with E-state index in [1.54, 1.807) is 42.5 Å². The zero-order valence-electron chi connectivity index (χ0n) is 17.5. The van der Waals surface area contributed by atoms with Gasteiger partial charge in [0, 0.05) is 23.2 Å². The molecule has 4 rings (SSSR count). The van der Waals surface area contributed by atoms with Crippen molar-refractivity contribution in [3.63, 3.8) is 0 Å². The normalized spacial score (nSPS) is 11.6. The number of aryl methyl sites for hydroxylation is 2. The van der Waals surface area contributed by atoms with Gasteiger partial charge in [-0.3, -0.25) is 9.59 Å². The van der Waals surface area contributed by atoms with Gasteiger partial charge in [0.05, 0.1) is 10.2 Å². The second-order valence-electron chi connectivity index (χ2n) is 7.40. The van der Waals surface area contributed by atoms with Crippen LogP contribution in [0.15, 0.2) is 84.4 Å². The number of hydrogen-bond donors (Lipinski definition) is 0. The number of amides is 1. The highest BCUT2D eigenvalue weighted by Gasteiger charge is 2.13. The maximum Gasteiger partial charge on any atom is 0.279 e. The summed E-state index contributed by atoms with van der Waals surface area (Å²) in [5, 5.41) is 0. The first-order valence-electron chi connectivity index (χ1n) is 9.98.